The van der Waals surface area contributed by atoms with E-state index in [9.17, 15) is 0 Å². The summed E-state index contributed by atoms with van der Waals surface area (Å²) in [7, 11) is 0. The molecule has 0 aliphatic carbocycles. The average molecular weight is 393 g/mol. The summed E-state index contributed by atoms with van der Waals surface area (Å²) in [6.45, 7) is 7.35. The van der Waals surface area contributed by atoms with E-state index in [-0.39, 0.29) is 0 Å². The van der Waals surface area contributed by atoms with Crippen LogP contribution in [-0.4, -0.2) is 24.5 Å². The molecule has 0 spiro atoms. The van der Waals surface area contributed by atoms with Gasteiger partial charge in [0, 0.05) is 17.6 Å². The summed E-state index contributed by atoms with van der Waals surface area (Å²) in [6.07, 6.45) is 4.43. The molecule has 0 bridgehead atoms. The van der Waals surface area contributed by atoms with Crippen LogP contribution in [0.5, 0.6) is 0 Å². The molecule has 0 aliphatic heterocycles. The van der Waals surface area contributed by atoms with Crippen molar-refractivity contribution in [2.45, 2.75) is 45.1 Å². The molecule has 0 amide bonds. The van der Waals surface area contributed by atoms with E-state index in [2.05, 4.69) is 62.8 Å². The van der Waals surface area contributed by atoms with Gasteiger partial charge in [-0.15, -0.1) is 5.10 Å². The van der Waals surface area contributed by atoms with E-state index in [1.807, 2.05) is 35.9 Å². The number of nitrogens with one attached hydrogen (secondary N) is 1. The van der Waals surface area contributed by atoms with Crippen molar-refractivity contribution in [3.05, 3.63) is 60.0 Å². The first-order valence-electron chi connectivity index (χ1n) is 9.53. The van der Waals surface area contributed by atoms with Crippen LogP contribution in [-0.2, 0) is 6.54 Å². The highest BCUT2D eigenvalue weighted by atomic mass is 32.2. The summed E-state index contributed by atoms with van der Waals surface area (Å²) in [5.41, 5.74) is 4.07. The van der Waals surface area contributed by atoms with E-state index >= 15 is 0 Å². The van der Waals surface area contributed by atoms with Crippen molar-refractivity contribution >= 4 is 28.8 Å². The lowest BCUT2D eigenvalue weighted by atomic mass is 10.2. The molecule has 4 aromatic rings. The van der Waals surface area contributed by atoms with Gasteiger partial charge < -0.3 is 9.29 Å². The first kappa shape index (κ1) is 18.6. The fourth-order valence-corrected chi connectivity index (χ4v) is 3.94. The molecular weight excluding hydrogens is 368 g/mol. The van der Waals surface area contributed by atoms with Crippen molar-refractivity contribution in [2.24, 2.45) is 0 Å². The molecule has 0 fully saturated rings. The Kier molecular flexibility index (Phi) is 5.34. The molecule has 6 nitrogen and oxygen atoms in total. The quantitative estimate of drug-likeness (QED) is 0.441. The zero-order chi connectivity index (χ0) is 19.5. The molecule has 0 aliphatic rings. The molecule has 2 aromatic carbocycles. The van der Waals surface area contributed by atoms with Gasteiger partial charge in [-0.05, 0) is 68.1 Å². The number of aromatic nitrogens is 5. The Morgan fingerprint density at radius 1 is 1.11 bits per heavy atom. The van der Waals surface area contributed by atoms with Crippen molar-refractivity contribution in [1.29, 1.82) is 0 Å². The Morgan fingerprint density at radius 3 is 2.82 bits per heavy atom. The number of fused-ring (bicyclic) bond motifs is 1. The summed E-state index contributed by atoms with van der Waals surface area (Å²) < 4.78 is 7.46. The summed E-state index contributed by atoms with van der Waals surface area (Å²) >= 11 is 1.56. The van der Waals surface area contributed by atoms with Crippen LogP contribution in [0.4, 0.5) is 5.82 Å². The number of imidazole rings is 1. The predicted molar refractivity (Wildman–Crippen MR) is 115 cm³/mol. The number of hydrogen-bond donors (Lipinski definition) is 1. The molecule has 0 saturated carbocycles. The molecule has 2 aromatic heterocycles. The normalized spacial score (nSPS) is 11.2. The van der Waals surface area contributed by atoms with Crippen molar-refractivity contribution in [3.63, 3.8) is 0 Å². The van der Waals surface area contributed by atoms with Gasteiger partial charge in [0.1, 0.15) is 11.3 Å². The zero-order valence-corrected chi connectivity index (χ0v) is 17.2. The van der Waals surface area contributed by atoms with E-state index in [1.54, 1.807) is 11.9 Å². The number of hydrogen-bond acceptors (Lipinski definition) is 5. The standard InChI is InChI=1S/C21H24N6S/c1-4-5-10-26-14-21(22-16(26)3)24-28-18-12-15(2)11-17(13-18)27-20-9-7-6-8-19(20)23-25-27/h6-9,11-14,24H,4-5,10H2,1-3H3. The highest BCUT2D eigenvalue weighted by Crippen LogP contribution is 2.26. The molecule has 0 radical (unpaired) electrons. The number of para-hydroxylation sites is 1. The molecule has 0 saturated heterocycles. The van der Waals surface area contributed by atoms with E-state index in [0.29, 0.717) is 0 Å². The Bertz CT molecular complexity index is 1100. The smallest absolute Gasteiger partial charge is 0.154 e. The fraction of sp³-hybridized carbons (Fsp3) is 0.286. The van der Waals surface area contributed by atoms with Gasteiger partial charge >= 0.3 is 0 Å². The number of benzene rings is 2. The highest BCUT2D eigenvalue weighted by molar-refractivity contribution is 8.00. The number of rotatable bonds is 7. The van der Waals surface area contributed by atoms with Crippen LogP contribution in [0.25, 0.3) is 16.7 Å². The Morgan fingerprint density at radius 2 is 1.96 bits per heavy atom. The molecular formula is C21H24N6S. The number of anilines is 1. The maximum Gasteiger partial charge on any atom is 0.154 e. The first-order valence-corrected chi connectivity index (χ1v) is 10.3. The van der Waals surface area contributed by atoms with E-state index < -0.39 is 0 Å². The van der Waals surface area contributed by atoms with Gasteiger partial charge in [0.2, 0.25) is 0 Å². The Hall–Kier alpha value is -2.80. The molecule has 2 heterocycles. The summed E-state index contributed by atoms with van der Waals surface area (Å²) in [5.74, 6) is 1.92. The van der Waals surface area contributed by atoms with Crippen LogP contribution in [0, 0.1) is 13.8 Å². The van der Waals surface area contributed by atoms with Gasteiger partial charge in [0.05, 0.1) is 11.2 Å². The predicted octanol–water partition coefficient (Wildman–Crippen LogP) is 5.15. The third kappa shape index (κ3) is 3.89. The highest BCUT2D eigenvalue weighted by Gasteiger charge is 2.09. The van der Waals surface area contributed by atoms with Gasteiger partial charge in [0.25, 0.3) is 0 Å². The van der Waals surface area contributed by atoms with Crippen LogP contribution in [0.15, 0.2) is 53.6 Å². The maximum absolute atomic E-state index is 4.62. The van der Waals surface area contributed by atoms with Gasteiger partial charge in [-0.25, -0.2) is 9.67 Å². The third-order valence-corrected chi connectivity index (χ3v) is 5.42. The van der Waals surface area contributed by atoms with Crippen molar-refractivity contribution in [3.8, 4) is 5.69 Å². The van der Waals surface area contributed by atoms with E-state index in [0.717, 1.165) is 46.2 Å². The van der Waals surface area contributed by atoms with Crippen LogP contribution in [0.3, 0.4) is 0 Å². The number of unbranched alkanes of at least 4 members (excludes halogenated alkanes) is 1. The Labute approximate surface area is 169 Å². The first-order chi connectivity index (χ1) is 13.6. The Balaban J connectivity index is 1.55. The summed E-state index contributed by atoms with van der Waals surface area (Å²) in [6, 6.07) is 14.4. The van der Waals surface area contributed by atoms with E-state index in [1.165, 1.54) is 12.0 Å². The lowest BCUT2D eigenvalue weighted by molar-refractivity contribution is 0.616. The minimum Gasteiger partial charge on any atom is -0.333 e. The van der Waals surface area contributed by atoms with Crippen LogP contribution < -0.4 is 4.72 Å². The van der Waals surface area contributed by atoms with Crippen LogP contribution in [0.2, 0.25) is 0 Å². The second-order valence-corrected chi connectivity index (χ2v) is 7.80. The summed E-state index contributed by atoms with van der Waals surface area (Å²) in [5, 5.41) is 8.59. The third-order valence-electron chi connectivity index (χ3n) is 4.63. The molecule has 0 unspecified atom stereocenters. The van der Waals surface area contributed by atoms with Gasteiger partial charge in [-0.1, -0.05) is 30.7 Å². The van der Waals surface area contributed by atoms with E-state index in [4.69, 9.17) is 0 Å². The van der Waals surface area contributed by atoms with Gasteiger partial charge in [-0.2, -0.15) is 0 Å². The summed E-state index contributed by atoms with van der Waals surface area (Å²) in [4.78, 5) is 5.72. The average Bonchev–Trinajstić information content (AvgIpc) is 3.27. The van der Waals surface area contributed by atoms with Gasteiger partial charge in [0.15, 0.2) is 5.82 Å². The maximum atomic E-state index is 4.62. The van der Waals surface area contributed by atoms with Crippen molar-refractivity contribution in [2.75, 3.05) is 4.72 Å². The second-order valence-electron chi connectivity index (χ2n) is 6.92. The minimum absolute atomic E-state index is 0.882. The lowest BCUT2D eigenvalue weighted by Crippen LogP contribution is -1.98. The number of nitrogens with zero attached hydrogens (tertiary/aromatic N) is 5. The fourth-order valence-electron chi connectivity index (χ4n) is 3.19. The zero-order valence-electron chi connectivity index (χ0n) is 16.4. The van der Waals surface area contributed by atoms with Crippen molar-refractivity contribution < 1.29 is 0 Å². The van der Waals surface area contributed by atoms with Crippen molar-refractivity contribution in [1.82, 2.24) is 24.5 Å². The van der Waals surface area contributed by atoms with Crippen LogP contribution in [0.1, 0.15) is 31.2 Å². The molecule has 0 atom stereocenters. The molecule has 7 heteroatoms. The SMILES string of the molecule is CCCCn1cc(NSc2cc(C)cc(-n3nnc4ccccc43)c2)nc1C. The number of aryl methyl sites for hydroxylation is 3. The topological polar surface area (TPSA) is 60.6 Å². The van der Waals surface area contributed by atoms with Gasteiger partial charge in [-0.3, -0.25) is 0 Å². The molecule has 1 N–H and O–H groups in total. The monoisotopic (exact) mass is 392 g/mol. The largest absolute Gasteiger partial charge is 0.333 e. The lowest BCUT2D eigenvalue weighted by Gasteiger charge is -2.08. The minimum atomic E-state index is 0.882. The molecule has 144 valence electrons. The second kappa shape index (κ2) is 8.06. The van der Waals surface area contributed by atoms with Crippen LogP contribution >= 0.6 is 11.9 Å². The molecule has 28 heavy (non-hydrogen) atoms. The molecule has 4 rings (SSSR count).